The lowest BCUT2D eigenvalue weighted by atomic mass is 10.3. The molecule has 0 spiro atoms. The van der Waals surface area contributed by atoms with Gasteiger partial charge in [0.2, 0.25) is 5.91 Å². The molecule has 11 heavy (non-hydrogen) atoms. The zero-order valence-corrected chi connectivity index (χ0v) is 6.55. The quantitative estimate of drug-likeness (QED) is 0.567. The maximum atomic E-state index is 11.0. The highest BCUT2D eigenvalue weighted by molar-refractivity contribution is 5.76. The first-order chi connectivity index (χ1) is 5.24. The lowest BCUT2D eigenvalue weighted by molar-refractivity contribution is -0.121. The van der Waals surface area contributed by atoms with Crippen LogP contribution in [0.4, 0.5) is 0 Å². The summed E-state index contributed by atoms with van der Waals surface area (Å²) in [5.74, 6) is 0.0860. The van der Waals surface area contributed by atoms with E-state index in [1.165, 1.54) is 0 Å². The summed E-state index contributed by atoms with van der Waals surface area (Å²) in [6.07, 6.45) is 3.95. The predicted octanol–water partition coefficient (Wildman–Crippen LogP) is 0.168. The molecular weight excluding hydrogens is 140 g/mol. The van der Waals surface area contributed by atoms with Crippen molar-refractivity contribution in [2.75, 3.05) is 0 Å². The van der Waals surface area contributed by atoms with Gasteiger partial charge in [0.25, 0.3) is 0 Å². The van der Waals surface area contributed by atoms with Crippen molar-refractivity contribution in [3.8, 4) is 0 Å². The number of amides is 1. The highest BCUT2D eigenvalue weighted by atomic mass is 16.1. The van der Waals surface area contributed by atoms with Crippen LogP contribution >= 0.6 is 0 Å². The van der Waals surface area contributed by atoms with Crippen molar-refractivity contribution in [3.63, 3.8) is 0 Å². The summed E-state index contributed by atoms with van der Waals surface area (Å²) >= 11 is 0. The van der Waals surface area contributed by atoms with Gasteiger partial charge in [-0.2, -0.15) is 0 Å². The second kappa shape index (κ2) is 3.53. The zero-order chi connectivity index (χ0) is 8.27. The first-order valence-electron chi connectivity index (χ1n) is 3.90. The molecular formula is C8H14N2O. The molecule has 0 saturated heterocycles. The minimum Gasteiger partial charge on any atom is -0.352 e. The van der Waals surface area contributed by atoms with Crippen molar-refractivity contribution < 1.29 is 4.79 Å². The fourth-order valence-electron chi connectivity index (χ4n) is 0.893. The molecule has 3 nitrogen and oxygen atoms in total. The third kappa shape index (κ3) is 2.72. The fourth-order valence-corrected chi connectivity index (χ4v) is 0.893. The minimum atomic E-state index is 0.0860. The van der Waals surface area contributed by atoms with Crippen LogP contribution in [0.1, 0.15) is 19.3 Å². The Morgan fingerprint density at radius 1 is 1.82 bits per heavy atom. The van der Waals surface area contributed by atoms with E-state index in [2.05, 4.69) is 11.9 Å². The van der Waals surface area contributed by atoms with Crippen LogP contribution in [0.5, 0.6) is 0 Å². The van der Waals surface area contributed by atoms with Gasteiger partial charge in [-0.05, 0) is 12.8 Å². The van der Waals surface area contributed by atoms with Crippen molar-refractivity contribution in [3.05, 3.63) is 12.7 Å². The van der Waals surface area contributed by atoms with E-state index in [9.17, 15) is 4.79 Å². The Balaban J connectivity index is 2.06. The highest BCUT2D eigenvalue weighted by Crippen LogP contribution is 2.17. The van der Waals surface area contributed by atoms with Gasteiger partial charge >= 0.3 is 0 Å². The molecule has 1 aliphatic rings. The molecule has 0 radical (unpaired) electrons. The number of hydrogen-bond donors (Lipinski definition) is 2. The molecule has 62 valence electrons. The lowest BCUT2D eigenvalue weighted by Gasteiger charge is -2.00. The summed E-state index contributed by atoms with van der Waals surface area (Å²) < 4.78 is 0. The van der Waals surface area contributed by atoms with Crippen molar-refractivity contribution >= 4 is 5.91 Å². The molecule has 0 heterocycles. The first-order valence-corrected chi connectivity index (χ1v) is 3.90. The summed E-state index contributed by atoms with van der Waals surface area (Å²) in [5.41, 5.74) is 5.51. The van der Waals surface area contributed by atoms with Crippen LogP contribution in [-0.2, 0) is 4.79 Å². The van der Waals surface area contributed by atoms with Crippen LogP contribution in [0.2, 0.25) is 0 Å². The van der Waals surface area contributed by atoms with Crippen molar-refractivity contribution in [2.45, 2.75) is 31.3 Å². The molecule has 2 atom stereocenters. The maximum absolute atomic E-state index is 11.0. The fraction of sp³-hybridized carbons (Fsp3) is 0.625. The molecule has 1 aliphatic carbocycles. The van der Waals surface area contributed by atoms with Crippen LogP contribution in [0.15, 0.2) is 12.7 Å². The van der Waals surface area contributed by atoms with Crippen molar-refractivity contribution in [1.29, 1.82) is 0 Å². The Hall–Kier alpha value is -0.830. The van der Waals surface area contributed by atoms with E-state index in [0.717, 1.165) is 12.8 Å². The van der Waals surface area contributed by atoms with E-state index in [1.54, 1.807) is 6.08 Å². The van der Waals surface area contributed by atoms with Gasteiger partial charge in [0.05, 0.1) is 0 Å². The molecule has 0 bridgehead atoms. The standard InChI is InChI=1S/C8H14N2O/c1-2-3-4-8(11)10-7-5-6(7)9/h2,6-7H,1,3-5,9H2,(H,10,11). The third-order valence-electron chi connectivity index (χ3n) is 1.76. The van der Waals surface area contributed by atoms with E-state index in [1.807, 2.05) is 0 Å². The zero-order valence-electron chi connectivity index (χ0n) is 6.55. The Labute approximate surface area is 66.6 Å². The van der Waals surface area contributed by atoms with Gasteiger partial charge in [0, 0.05) is 18.5 Å². The molecule has 3 N–H and O–H groups in total. The number of rotatable bonds is 4. The Kier molecular flexibility index (Phi) is 2.65. The van der Waals surface area contributed by atoms with Gasteiger partial charge in [0.1, 0.15) is 0 Å². The third-order valence-corrected chi connectivity index (χ3v) is 1.76. The van der Waals surface area contributed by atoms with Crippen LogP contribution in [0.3, 0.4) is 0 Å². The molecule has 2 unspecified atom stereocenters. The maximum Gasteiger partial charge on any atom is 0.220 e. The van der Waals surface area contributed by atoms with Crippen LogP contribution < -0.4 is 11.1 Å². The van der Waals surface area contributed by atoms with Gasteiger partial charge in [0.15, 0.2) is 0 Å². The molecule has 0 aromatic carbocycles. The van der Waals surface area contributed by atoms with Crippen LogP contribution in [0.25, 0.3) is 0 Å². The van der Waals surface area contributed by atoms with Gasteiger partial charge < -0.3 is 11.1 Å². The summed E-state index contributed by atoms with van der Waals surface area (Å²) in [6.45, 7) is 3.54. The predicted molar refractivity (Wildman–Crippen MR) is 44.0 cm³/mol. The first kappa shape index (κ1) is 8.27. The number of carbonyl (C=O) groups is 1. The van der Waals surface area contributed by atoms with Gasteiger partial charge in [-0.15, -0.1) is 6.58 Å². The van der Waals surface area contributed by atoms with Crippen molar-refractivity contribution in [2.24, 2.45) is 5.73 Å². The van der Waals surface area contributed by atoms with Crippen molar-refractivity contribution in [1.82, 2.24) is 5.32 Å². The Morgan fingerprint density at radius 3 is 2.91 bits per heavy atom. The Bertz CT molecular complexity index is 167. The highest BCUT2D eigenvalue weighted by Gasteiger charge is 2.34. The van der Waals surface area contributed by atoms with E-state index in [4.69, 9.17) is 5.73 Å². The average Bonchev–Trinajstić information content (AvgIpc) is 2.62. The summed E-state index contributed by atoms with van der Waals surface area (Å²) in [5, 5.41) is 2.83. The van der Waals surface area contributed by atoms with Crippen LogP contribution in [-0.4, -0.2) is 18.0 Å². The van der Waals surface area contributed by atoms with Gasteiger partial charge in [-0.1, -0.05) is 6.08 Å². The number of carbonyl (C=O) groups excluding carboxylic acids is 1. The number of hydrogen-bond acceptors (Lipinski definition) is 2. The topological polar surface area (TPSA) is 55.1 Å². The second-order valence-corrected chi connectivity index (χ2v) is 2.90. The monoisotopic (exact) mass is 154 g/mol. The molecule has 0 aromatic heterocycles. The Morgan fingerprint density at radius 2 is 2.45 bits per heavy atom. The summed E-state index contributed by atoms with van der Waals surface area (Å²) in [6, 6.07) is 0.440. The van der Waals surface area contributed by atoms with E-state index >= 15 is 0 Å². The molecule has 1 amide bonds. The normalized spacial score (nSPS) is 27.7. The number of allylic oxidation sites excluding steroid dienone is 1. The van der Waals surface area contributed by atoms with Gasteiger partial charge in [-0.3, -0.25) is 4.79 Å². The average molecular weight is 154 g/mol. The smallest absolute Gasteiger partial charge is 0.220 e. The largest absolute Gasteiger partial charge is 0.352 e. The van der Waals surface area contributed by atoms with Gasteiger partial charge in [-0.25, -0.2) is 0 Å². The van der Waals surface area contributed by atoms with E-state index in [-0.39, 0.29) is 18.0 Å². The molecule has 1 saturated carbocycles. The number of nitrogens with one attached hydrogen (secondary N) is 1. The lowest BCUT2D eigenvalue weighted by Crippen LogP contribution is -2.29. The molecule has 0 aliphatic heterocycles. The van der Waals surface area contributed by atoms with Crippen LogP contribution in [0, 0.1) is 0 Å². The van der Waals surface area contributed by atoms with E-state index in [0.29, 0.717) is 6.42 Å². The van der Waals surface area contributed by atoms with E-state index < -0.39 is 0 Å². The molecule has 3 heteroatoms. The summed E-state index contributed by atoms with van der Waals surface area (Å²) in [7, 11) is 0. The summed E-state index contributed by atoms with van der Waals surface area (Å²) in [4.78, 5) is 11.0. The molecule has 0 aromatic rings. The minimum absolute atomic E-state index is 0.0860. The second-order valence-electron chi connectivity index (χ2n) is 2.90. The SMILES string of the molecule is C=CCCC(=O)NC1CC1N. The number of nitrogens with two attached hydrogens (primary N) is 1. The molecule has 1 fully saturated rings. The molecule has 1 rings (SSSR count).